The zero-order chi connectivity index (χ0) is 11.4. The molecule has 0 spiro atoms. The predicted molar refractivity (Wildman–Crippen MR) is 68.6 cm³/mol. The molecule has 1 aromatic rings. The molecular formula is C12H14BrClO2. The highest BCUT2D eigenvalue weighted by Crippen LogP contribution is 2.25. The van der Waals surface area contributed by atoms with Crippen molar-refractivity contribution in [3.8, 4) is 5.75 Å². The van der Waals surface area contributed by atoms with Crippen LogP contribution >= 0.6 is 27.5 Å². The van der Waals surface area contributed by atoms with Crippen molar-refractivity contribution >= 4 is 27.5 Å². The molecule has 4 heteroatoms. The van der Waals surface area contributed by atoms with E-state index in [1.165, 1.54) is 0 Å². The van der Waals surface area contributed by atoms with E-state index >= 15 is 0 Å². The van der Waals surface area contributed by atoms with Gasteiger partial charge in [-0.3, -0.25) is 0 Å². The zero-order valence-corrected chi connectivity index (χ0v) is 11.3. The van der Waals surface area contributed by atoms with Gasteiger partial charge in [0.2, 0.25) is 0 Å². The summed E-state index contributed by atoms with van der Waals surface area (Å²) in [6.45, 7) is 1.49. The molecule has 2 rings (SSSR count). The molecule has 0 aliphatic carbocycles. The van der Waals surface area contributed by atoms with E-state index in [2.05, 4.69) is 15.9 Å². The van der Waals surface area contributed by atoms with Crippen LogP contribution in [0.2, 0.25) is 5.02 Å². The zero-order valence-electron chi connectivity index (χ0n) is 8.92. The molecule has 1 atom stereocenters. The molecule has 1 aliphatic heterocycles. The van der Waals surface area contributed by atoms with Gasteiger partial charge < -0.3 is 9.47 Å². The Morgan fingerprint density at radius 3 is 3.06 bits per heavy atom. The Balaban J connectivity index is 1.97. The van der Waals surface area contributed by atoms with Gasteiger partial charge in [0, 0.05) is 22.5 Å². The fourth-order valence-corrected chi connectivity index (χ4v) is 2.38. The van der Waals surface area contributed by atoms with Crippen molar-refractivity contribution in [2.45, 2.75) is 24.3 Å². The minimum Gasteiger partial charge on any atom is -0.491 e. The molecule has 0 radical (unpaired) electrons. The lowest BCUT2D eigenvalue weighted by Crippen LogP contribution is -2.16. The van der Waals surface area contributed by atoms with Gasteiger partial charge in [-0.15, -0.1) is 0 Å². The lowest BCUT2D eigenvalue weighted by Gasteiger charge is -2.13. The molecule has 1 heterocycles. The summed E-state index contributed by atoms with van der Waals surface area (Å²) in [7, 11) is 0. The number of halogens is 2. The van der Waals surface area contributed by atoms with Crippen LogP contribution in [0.5, 0.6) is 5.75 Å². The SMILES string of the molecule is Clc1ccc(OCC2CCCO2)c(CBr)c1. The molecule has 16 heavy (non-hydrogen) atoms. The van der Waals surface area contributed by atoms with Crippen molar-refractivity contribution in [3.05, 3.63) is 28.8 Å². The summed E-state index contributed by atoms with van der Waals surface area (Å²) < 4.78 is 11.3. The molecule has 1 fully saturated rings. The first-order valence-electron chi connectivity index (χ1n) is 5.38. The van der Waals surface area contributed by atoms with Crippen LogP contribution in [0.4, 0.5) is 0 Å². The highest BCUT2D eigenvalue weighted by Gasteiger charge is 2.16. The van der Waals surface area contributed by atoms with Crippen LogP contribution in [0, 0.1) is 0 Å². The Hall–Kier alpha value is -0.250. The first kappa shape index (κ1) is 12.2. The molecule has 1 aliphatic rings. The average Bonchev–Trinajstić information content (AvgIpc) is 2.80. The quantitative estimate of drug-likeness (QED) is 0.788. The molecular weight excluding hydrogens is 291 g/mol. The van der Waals surface area contributed by atoms with Crippen molar-refractivity contribution in [3.63, 3.8) is 0 Å². The number of hydrogen-bond acceptors (Lipinski definition) is 2. The lowest BCUT2D eigenvalue weighted by molar-refractivity contribution is 0.0677. The van der Waals surface area contributed by atoms with E-state index in [4.69, 9.17) is 21.1 Å². The number of rotatable bonds is 4. The molecule has 0 aromatic heterocycles. The summed E-state index contributed by atoms with van der Waals surface area (Å²) in [5.74, 6) is 0.886. The summed E-state index contributed by atoms with van der Waals surface area (Å²) >= 11 is 9.35. The maximum Gasteiger partial charge on any atom is 0.123 e. The number of alkyl halides is 1. The van der Waals surface area contributed by atoms with Gasteiger partial charge in [-0.05, 0) is 31.0 Å². The van der Waals surface area contributed by atoms with E-state index in [9.17, 15) is 0 Å². The van der Waals surface area contributed by atoms with Crippen molar-refractivity contribution in [1.29, 1.82) is 0 Å². The topological polar surface area (TPSA) is 18.5 Å². The highest BCUT2D eigenvalue weighted by molar-refractivity contribution is 9.08. The van der Waals surface area contributed by atoms with E-state index in [0.717, 1.165) is 41.1 Å². The summed E-state index contributed by atoms with van der Waals surface area (Å²) in [6.07, 6.45) is 2.48. The molecule has 0 saturated carbocycles. The maximum absolute atomic E-state index is 5.92. The fraction of sp³-hybridized carbons (Fsp3) is 0.500. The third-order valence-corrected chi connectivity index (χ3v) is 3.45. The number of hydrogen-bond donors (Lipinski definition) is 0. The Morgan fingerprint density at radius 2 is 2.38 bits per heavy atom. The van der Waals surface area contributed by atoms with E-state index in [0.29, 0.717) is 6.61 Å². The Labute approximate surface area is 109 Å². The van der Waals surface area contributed by atoms with E-state index in [1.807, 2.05) is 18.2 Å². The monoisotopic (exact) mass is 304 g/mol. The maximum atomic E-state index is 5.92. The van der Waals surface area contributed by atoms with Crippen LogP contribution in [0.25, 0.3) is 0 Å². The standard InChI is InChI=1S/C12H14BrClO2/c13-7-9-6-10(14)3-4-12(9)16-8-11-2-1-5-15-11/h3-4,6,11H,1-2,5,7-8H2. The summed E-state index contributed by atoms with van der Waals surface area (Å²) in [5.41, 5.74) is 1.07. The van der Waals surface area contributed by atoms with Gasteiger partial charge in [0.1, 0.15) is 12.4 Å². The van der Waals surface area contributed by atoms with Crippen LogP contribution in [0.1, 0.15) is 18.4 Å². The van der Waals surface area contributed by atoms with Crippen LogP contribution in [0.15, 0.2) is 18.2 Å². The largest absolute Gasteiger partial charge is 0.491 e. The molecule has 0 bridgehead atoms. The molecule has 1 unspecified atom stereocenters. The second kappa shape index (κ2) is 5.89. The summed E-state index contributed by atoms with van der Waals surface area (Å²) in [4.78, 5) is 0. The first-order valence-corrected chi connectivity index (χ1v) is 6.88. The number of benzene rings is 1. The van der Waals surface area contributed by atoms with Gasteiger partial charge in [-0.1, -0.05) is 27.5 Å². The van der Waals surface area contributed by atoms with Crippen molar-refractivity contribution < 1.29 is 9.47 Å². The van der Waals surface area contributed by atoms with E-state index in [-0.39, 0.29) is 6.10 Å². The number of ether oxygens (including phenoxy) is 2. The normalized spacial score (nSPS) is 20.0. The van der Waals surface area contributed by atoms with Crippen molar-refractivity contribution in [2.75, 3.05) is 13.2 Å². The second-order valence-electron chi connectivity index (χ2n) is 3.83. The predicted octanol–water partition coefficient (Wildman–Crippen LogP) is 3.79. The van der Waals surface area contributed by atoms with Gasteiger partial charge in [-0.25, -0.2) is 0 Å². The minimum absolute atomic E-state index is 0.249. The average molecular weight is 306 g/mol. The van der Waals surface area contributed by atoms with Gasteiger partial charge in [0.05, 0.1) is 6.10 Å². The van der Waals surface area contributed by atoms with Crippen molar-refractivity contribution in [2.24, 2.45) is 0 Å². The summed E-state index contributed by atoms with van der Waals surface area (Å²) in [6, 6.07) is 5.67. The Morgan fingerprint density at radius 1 is 1.50 bits per heavy atom. The molecule has 0 amide bonds. The van der Waals surface area contributed by atoms with Gasteiger partial charge >= 0.3 is 0 Å². The fourth-order valence-electron chi connectivity index (χ4n) is 1.75. The third-order valence-electron chi connectivity index (χ3n) is 2.62. The van der Waals surface area contributed by atoms with E-state index < -0.39 is 0 Å². The van der Waals surface area contributed by atoms with E-state index in [1.54, 1.807) is 0 Å². The minimum atomic E-state index is 0.249. The molecule has 1 aromatic carbocycles. The van der Waals surface area contributed by atoms with Gasteiger partial charge in [-0.2, -0.15) is 0 Å². The third kappa shape index (κ3) is 3.12. The van der Waals surface area contributed by atoms with Crippen LogP contribution in [-0.2, 0) is 10.1 Å². The molecule has 1 saturated heterocycles. The van der Waals surface area contributed by atoms with Crippen molar-refractivity contribution in [1.82, 2.24) is 0 Å². The van der Waals surface area contributed by atoms with Gasteiger partial charge in [0.15, 0.2) is 0 Å². The molecule has 88 valence electrons. The van der Waals surface area contributed by atoms with Gasteiger partial charge in [0.25, 0.3) is 0 Å². The van der Waals surface area contributed by atoms with Crippen LogP contribution in [0.3, 0.4) is 0 Å². The van der Waals surface area contributed by atoms with Crippen LogP contribution in [-0.4, -0.2) is 19.3 Å². The smallest absolute Gasteiger partial charge is 0.123 e. The van der Waals surface area contributed by atoms with Crippen LogP contribution < -0.4 is 4.74 Å². The lowest BCUT2D eigenvalue weighted by atomic mass is 10.2. The Kier molecular flexibility index (Phi) is 4.50. The Bertz CT molecular complexity index is 351. The second-order valence-corrected chi connectivity index (χ2v) is 4.83. The highest BCUT2D eigenvalue weighted by atomic mass is 79.9. The first-order chi connectivity index (χ1) is 7.79. The molecule has 2 nitrogen and oxygen atoms in total. The summed E-state index contributed by atoms with van der Waals surface area (Å²) in [5, 5.41) is 1.48. The molecule has 0 N–H and O–H groups in total.